The van der Waals surface area contributed by atoms with Crippen molar-refractivity contribution in [1.82, 2.24) is 5.48 Å². The summed E-state index contributed by atoms with van der Waals surface area (Å²) in [7, 11) is 0. The van der Waals surface area contributed by atoms with Gasteiger partial charge in [0.15, 0.2) is 0 Å². The Hall–Kier alpha value is -0.990. The maximum absolute atomic E-state index is 4.97. The van der Waals surface area contributed by atoms with Crippen molar-refractivity contribution in [3.63, 3.8) is 0 Å². The van der Waals surface area contributed by atoms with Crippen LogP contribution in [0.1, 0.15) is 32.1 Å². The lowest BCUT2D eigenvalue weighted by atomic mass is 9.88. The van der Waals surface area contributed by atoms with Crippen molar-refractivity contribution in [3.8, 4) is 0 Å². The summed E-state index contributed by atoms with van der Waals surface area (Å²) >= 11 is 0. The van der Waals surface area contributed by atoms with Gasteiger partial charge in [-0.25, -0.2) is 5.48 Å². The van der Waals surface area contributed by atoms with E-state index in [0.717, 1.165) is 5.84 Å². The Morgan fingerprint density at radius 3 is 2.67 bits per heavy atom. The van der Waals surface area contributed by atoms with Crippen molar-refractivity contribution in [2.24, 2.45) is 10.9 Å². The van der Waals surface area contributed by atoms with Crippen LogP contribution in [0, 0.1) is 5.92 Å². The molecule has 1 aliphatic carbocycles. The van der Waals surface area contributed by atoms with E-state index in [1.807, 2.05) is 0 Å². The van der Waals surface area contributed by atoms with E-state index in [-0.39, 0.29) is 0 Å². The first-order valence-corrected chi connectivity index (χ1v) is 4.56. The maximum Gasteiger partial charge on any atom is 0.240 e. The van der Waals surface area contributed by atoms with Gasteiger partial charge in [0.1, 0.15) is 5.84 Å². The Labute approximate surface area is 72.5 Å². The molecular weight excluding hydrogens is 152 g/mol. The smallest absolute Gasteiger partial charge is 0.240 e. The number of aliphatic imine (C=N–C) groups is 1. The molecule has 3 heteroatoms. The molecular formula is C9H14N2O. The topological polar surface area (TPSA) is 33.6 Å². The molecule has 0 saturated heterocycles. The molecule has 2 rings (SSSR count). The number of hydrogen-bond acceptors (Lipinski definition) is 3. The highest BCUT2D eigenvalue weighted by Gasteiger charge is 2.22. The second-order valence-electron chi connectivity index (χ2n) is 3.43. The van der Waals surface area contributed by atoms with Gasteiger partial charge in [0.2, 0.25) is 5.88 Å². The second kappa shape index (κ2) is 3.17. The zero-order valence-electron chi connectivity index (χ0n) is 7.18. The van der Waals surface area contributed by atoms with Crippen molar-refractivity contribution in [1.29, 1.82) is 0 Å². The molecule has 3 nitrogen and oxygen atoms in total. The van der Waals surface area contributed by atoms with E-state index in [2.05, 4.69) is 17.1 Å². The lowest BCUT2D eigenvalue weighted by molar-refractivity contribution is 0.174. The minimum absolute atomic E-state index is 0.496. The van der Waals surface area contributed by atoms with Crippen molar-refractivity contribution >= 4 is 5.84 Å². The molecule has 0 aromatic rings. The van der Waals surface area contributed by atoms with Crippen molar-refractivity contribution < 1.29 is 4.84 Å². The summed E-state index contributed by atoms with van der Waals surface area (Å²) in [6, 6.07) is 0. The molecule has 1 saturated carbocycles. The van der Waals surface area contributed by atoms with Crippen LogP contribution in [0.5, 0.6) is 0 Å². The molecule has 2 aliphatic rings. The lowest BCUT2D eigenvalue weighted by Gasteiger charge is -2.20. The van der Waals surface area contributed by atoms with Gasteiger partial charge in [0.25, 0.3) is 0 Å². The van der Waals surface area contributed by atoms with E-state index in [9.17, 15) is 0 Å². The molecule has 1 aliphatic heterocycles. The van der Waals surface area contributed by atoms with Gasteiger partial charge in [-0.2, -0.15) is 4.99 Å². The standard InChI is InChI=1S/C9H14N2O/c1-7-10-9(11-12-7)8-5-3-2-4-6-8/h8H,1-6H2,(H,10,11). The van der Waals surface area contributed by atoms with E-state index in [1.165, 1.54) is 32.1 Å². The van der Waals surface area contributed by atoms with Gasteiger partial charge in [0.05, 0.1) is 0 Å². The molecule has 1 fully saturated rings. The van der Waals surface area contributed by atoms with Crippen LogP contribution in [0.3, 0.4) is 0 Å². The third-order valence-electron chi connectivity index (χ3n) is 2.51. The van der Waals surface area contributed by atoms with Crippen molar-refractivity contribution in [3.05, 3.63) is 12.5 Å². The first kappa shape index (κ1) is 7.65. The molecule has 0 radical (unpaired) electrons. The van der Waals surface area contributed by atoms with Crippen LogP contribution in [0.2, 0.25) is 0 Å². The quantitative estimate of drug-likeness (QED) is 0.646. The van der Waals surface area contributed by atoms with E-state index < -0.39 is 0 Å². The van der Waals surface area contributed by atoms with E-state index in [4.69, 9.17) is 4.84 Å². The molecule has 1 heterocycles. The van der Waals surface area contributed by atoms with Crippen LogP contribution >= 0.6 is 0 Å². The number of rotatable bonds is 1. The van der Waals surface area contributed by atoms with Crippen LogP contribution in [-0.4, -0.2) is 5.84 Å². The molecule has 0 bridgehead atoms. The fourth-order valence-corrected chi connectivity index (χ4v) is 1.84. The maximum atomic E-state index is 4.97. The van der Waals surface area contributed by atoms with Gasteiger partial charge in [-0.15, -0.1) is 0 Å². The summed E-state index contributed by atoms with van der Waals surface area (Å²) in [4.78, 5) is 9.17. The van der Waals surface area contributed by atoms with E-state index >= 15 is 0 Å². The molecule has 0 aromatic heterocycles. The predicted molar refractivity (Wildman–Crippen MR) is 47.4 cm³/mol. The largest absolute Gasteiger partial charge is 0.361 e. The monoisotopic (exact) mass is 166 g/mol. The molecule has 0 unspecified atom stereocenters. The third-order valence-corrected chi connectivity index (χ3v) is 2.51. The van der Waals surface area contributed by atoms with Gasteiger partial charge >= 0.3 is 0 Å². The molecule has 0 spiro atoms. The van der Waals surface area contributed by atoms with Gasteiger partial charge in [-0.05, 0) is 19.4 Å². The first-order valence-electron chi connectivity index (χ1n) is 4.56. The number of nitrogens with zero attached hydrogens (tertiary/aromatic N) is 1. The summed E-state index contributed by atoms with van der Waals surface area (Å²) in [6.07, 6.45) is 6.48. The Morgan fingerprint density at radius 1 is 1.33 bits per heavy atom. The summed E-state index contributed by atoms with van der Waals surface area (Å²) in [6.45, 7) is 3.63. The molecule has 66 valence electrons. The van der Waals surface area contributed by atoms with Crippen LogP contribution in [0.25, 0.3) is 0 Å². The van der Waals surface area contributed by atoms with Gasteiger partial charge in [-0.1, -0.05) is 19.3 Å². The molecule has 0 atom stereocenters. The van der Waals surface area contributed by atoms with Crippen LogP contribution in [0.4, 0.5) is 0 Å². The highest BCUT2D eigenvalue weighted by molar-refractivity contribution is 5.85. The molecule has 1 N–H and O–H groups in total. The molecule has 0 aromatic carbocycles. The summed E-state index contributed by atoms with van der Waals surface area (Å²) in [5, 5.41) is 0. The van der Waals surface area contributed by atoms with Gasteiger partial charge < -0.3 is 4.84 Å². The van der Waals surface area contributed by atoms with Crippen molar-refractivity contribution in [2.75, 3.05) is 0 Å². The predicted octanol–water partition coefficient (Wildman–Crippen LogP) is 1.97. The Bertz CT molecular complexity index is 217. The SMILES string of the molecule is C=C1N=C(C2CCCCC2)NO1. The van der Waals surface area contributed by atoms with E-state index in [1.54, 1.807) is 0 Å². The van der Waals surface area contributed by atoms with Crippen LogP contribution in [-0.2, 0) is 4.84 Å². The normalized spacial score (nSPS) is 24.7. The summed E-state index contributed by atoms with van der Waals surface area (Å²) < 4.78 is 0. The van der Waals surface area contributed by atoms with Gasteiger partial charge in [-0.3, -0.25) is 0 Å². The minimum Gasteiger partial charge on any atom is -0.361 e. The third kappa shape index (κ3) is 1.44. The van der Waals surface area contributed by atoms with E-state index in [0.29, 0.717) is 11.8 Å². The van der Waals surface area contributed by atoms with Crippen LogP contribution in [0.15, 0.2) is 17.5 Å². The minimum atomic E-state index is 0.496. The Kier molecular flexibility index (Phi) is 2.02. The average molecular weight is 166 g/mol. The number of hydroxylamine groups is 1. The van der Waals surface area contributed by atoms with Crippen LogP contribution < -0.4 is 5.48 Å². The fourth-order valence-electron chi connectivity index (χ4n) is 1.84. The highest BCUT2D eigenvalue weighted by atomic mass is 16.7. The zero-order valence-corrected chi connectivity index (χ0v) is 7.18. The van der Waals surface area contributed by atoms with Gasteiger partial charge in [0, 0.05) is 5.92 Å². The summed E-state index contributed by atoms with van der Waals surface area (Å²) in [5.41, 5.74) is 2.83. The number of nitrogens with one attached hydrogen (secondary N) is 1. The Balaban J connectivity index is 1.99. The summed E-state index contributed by atoms with van der Waals surface area (Å²) in [5.74, 6) is 2.06. The molecule has 0 amide bonds. The molecule has 12 heavy (non-hydrogen) atoms. The zero-order chi connectivity index (χ0) is 8.39. The Morgan fingerprint density at radius 2 is 2.08 bits per heavy atom. The highest BCUT2D eigenvalue weighted by Crippen LogP contribution is 2.26. The fraction of sp³-hybridized carbons (Fsp3) is 0.667. The first-order chi connectivity index (χ1) is 5.86. The second-order valence-corrected chi connectivity index (χ2v) is 3.43. The average Bonchev–Trinajstić information content (AvgIpc) is 2.54. The lowest BCUT2D eigenvalue weighted by Crippen LogP contribution is -2.27. The van der Waals surface area contributed by atoms with Crippen molar-refractivity contribution in [2.45, 2.75) is 32.1 Å². The number of hydrogen-bond donors (Lipinski definition) is 1. The number of amidine groups is 1.